The number of rotatable bonds is 4. The number of halogens is 2. The average Bonchev–Trinajstić information content (AvgIpc) is 2.84. The van der Waals surface area contributed by atoms with E-state index in [2.05, 4.69) is 15.2 Å². The highest BCUT2D eigenvalue weighted by Crippen LogP contribution is 2.28. The molecule has 25 heavy (non-hydrogen) atoms. The zero-order chi connectivity index (χ0) is 16.4. The van der Waals surface area contributed by atoms with Gasteiger partial charge in [0.1, 0.15) is 0 Å². The molecular weight excluding hydrogens is 387 g/mol. The van der Waals surface area contributed by atoms with Crippen molar-refractivity contribution in [1.82, 2.24) is 20.1 Å². The monoisotopic (exact) mass is 410 g/mol. The van der Waals surface area contributed by atoms with Gasteiger partial charge in [0.15, 0.2) is 9.84 Å². The van der Waals surface area contributed by atoms with Crippen LogP contribution in [0.5, 0.6) is 0 Å². The average molecular weight is 411 g/mol. The molecule has 142 valence electrons. The maximum atomic E-state index is 12.3. The van der Waals surface area contributed by atoms with Crippen LogP contribution in [0.3, 0.4) is 0 Å². The standard InChI is InChI=1S/C15H22N4O3S.2ClH/c1-16-8-15(20)19-6-5-18(9-12-3-2-4-17-7-12)13-10-23(21,22)11-14(13)19;;/h2-4,7,13-14,16H,5-6,8-11H2,1H3;2*1H/t13-,14+;;/m1../s1. The van der Waals surface area contributed by atoms with Crippen molar-refractivity contribution < 1.29 is 13.2 Å². The first-order valence-corrected chi connectivity index (χ1v) is 9.60. The number of carbonyl (C=O) groups is 1. The normalized spacial score (nSPS) is 24.8. The van der Waals surface area contributed by atoms with Crippen LogP contribution in [0, 0.1) is 0 Å². The van der Waals surface area contributed by atoms with Crippen LogP contribution in [0.15, 0.2) is 24.5 Å². The molecule has 0 radical (unpaired) electrons. The minimum absolute atomic E-state index is 0. The summed E-state index contributed by atoms with van der Waals surface area (Å²) < 4.78 is 24.3. The highest BCUT2D eigenvalue weighted by Gasteiger charge is 2.47. The predicted molar refractivity (Wildman–Crippen MR) is 101 cm³/mol. The molecule has 1 aromatic rings. The Morgan fingerprint density at radius 3 is 2.64 bits per heavy atom. The van der Waals surface area contributed by atoms with Crippen LogP contribution >= 0.6 is 24.8 Å². The lowest BCUT2D eigenvalue weighted by atomic mass is 10.0. The first-order valence-electron chi connectivity index (χ1n) is 7.77. The Morgan fingerprint density at radius 2 is 2.00 bits per heavy atom. The first kappa shape index (κ1) is 22.1. The van der Waals surface area contributed by atoms with E-state index in [0.717, 1.165) is 5.56 Å². The van der Waals surface area contributed by atoms with Crippen LogP contribution < -0.4 is 5.32 Å². The van der Waals surface area contributed by atoms with Crippen molar-refractivity contribution in [2.45, 2.75) is 18.6 Å². The molecule has 0 aromatic carbocycles. The lowest BCUT2D eigenvalue weighted by Gasteiger charge is -2.44. The molecule has 0 saturated carbocycles. The summed E-state index contributed by atoms with van der Waals surface area (Å²) in [6.07, 6.45) is 3.53. The highest BCUT2D eigenvalue weighted by atomic mass is 35.5. The Kier molecular flexibility index (Phi) is 8.08. The topological polar surface area (TPSA) is 82.6 Å². The van der Waals surface area contributed by atoms with Gasteiger partial charge in [-0.3, -0.25) is 14.7 Å². The van der Waals surface area contributed by atoms with Crippen LogP contribution in [0.1, 0.15) is 5.56 Å². The SMILES string of the molecule is CNCC(=O)N1CCN(Cc2cccnc2)[C@@H]2CS(=O)(=O)C[C@@H]21.Cl.Cl. The third kappa shape index (κ3) is 5.04. The van der Waals surface area contributed by atoms with Gasteiger partial charge < -0.3 is 10.2 Å². The lowest BCUT2D eigenvalue weighted by molar-refractivity contribution is -0.136. The number of amides is 1. The molecule has 0 spiro atoms. The van der Waals surface area contributed by atoms with Gasteiger partial charge in [-0.15, -0.1) is 24.8 Å². The molecule has 2 fully saturated rings. The minimum atomic E-state index is -3.11. The molecule has 1 aromatic heterocycles. The van der Waals surface area contributed by atoms with E-state index >= 15 is 0 Å². The molecule has 2 aliphatic heterocycles. The molecular formula is C15H24Cl2N4O3S. The number of sulfone groups is 1. The van der Waals surface area contributed by atoms with Crippen LogP contribution in [-0.2, 0) is 21.2 Å². The molecule has 10 heteroatoms. The number of piperazine rings is 1. The summed E-state index contributed by atoms with van der Waals surface area (Å²) in [7, 11) is -1.39. The summed E-state index contributed by atoms with van der Waals surface area (Å²) in [5, 5.41) is 2.85. The second kappa shape index (κ2) is 9.14. The van der Waals surface area contributed by atoms with Crippen molar-refractivity contribution in [1.29, 1.82) is 0 Å². The summed E-state index contributed by atoms with van der Waals surface area (Å²) in [4.78, 5) is 20.3. The van der Waals surface area contributed by atoms with E-state index in [1.807, 2.05) is 12.1 Å². The summed E-state index contributed by atoms with van der Waals surface area (Å²) in [5.41, 5.74) is 1.06. The van der Waals surface area contributed by atoms with Gasteiger partial charge in [-0.1, -0.05) is 6.07 Å². The van der Waals surface area contributed by atoms with Gasteiger partial charge in [0.05, 0.1) is 24.1 Å². The van der Waals surface area contributed by atoms with Crippen molar-refractivity contribution in [3.05, 3.63) is 30.1 Å². The second-order valence-electron chi connectivity index (χ2n) is 6.16. The number of fused-ring (bicyclic) bond motifs is 1. The predicted octanol–water partition coefficient (Wildman–Crippen LogP) is -0.0456. The number of hydrogen-bond donors (Lipinski definition) is 1. The Labute approximate surface area is 160 Å². The molecule has 3 rings (SSSR count). The van der Waals surface area contributed by atoms with E-state index in [4.69, 9.17) is 0 Å². The fourth-order valence-corrected chi connectivity index (χ4v) is 5.52. The summed E-state index contributed by atoms with van der Waals surface area (Å²) in [5.74, 6) is 0.165. The van der Waals surface area contributed by atoms with E-state index < -0.39 is 9.84 Å². The van der Waals surface area contributed by atoms with E-state index in [1.165, 1.54) is 0 Å². The van der Waals surface area contributed by atoms with Gasteiger partial charge in [0.25, 0.3) is 0 Å². The van der Waals surface area contributed by atoms with E-state index in [1.54, 1.807) is 24.3 Å². The summed E-state index contributed by atoms with van der Waals surface area (Å²) in [6, 6.07) is 3.50. The molecule has 7 nitrogen and oxygen atoms in total. The Balaban J connectivity index is 0.00000156. The second-order valence-corrected chi connectivity index (χ2v) is 8.31. The van der Waals surface area contributed by atoms with Gasteiger partial charge >= 0.3 is 0 Å². The molecule has 1 amide bonds. The Morgan fingerprint density at radius 1 is 1.28 bits per heavy atom. The van der Waals surface area contributed by atoms with E-state index in [0.29, 0.717) is 19.6 Å². The van der Waals surface area contributed by atoms with Gasteiger partial charge in [-0.25, -0.2) is 8.42 Å². The molecule has 2 atom stereocenters. The van der Waals surface area contributed by atoms with Crippen molar-refractivity contribution in [2.24, 2.45) is 0 Å². The number of pyridine rings is 1. The van der Waals surface area contributed by atoms with Crippen molar-refractivity contribution in [2.75, 3.05) is 38.2 Å². The van der Waals surface area contributed by atoms with Crippen molar-refractivity contribution >= 4 is 40.6 Å². The summed E-state index contributed by atoms with van der Waals surface area (Å²) in [6.45, 7) is 2.16. The van der Waals surface area contributed by atoms with Gasteiger partial charge in [-0.05, 0) is 18.7 Å². The Bertz CT molecular complexity index is 675. The van der Waals surface area contributed by atoms with Gasteiger partial charge in [0.2, 0.25) is 5.91 Å². The minimum Gasteiger partial charge on any atom is -0.335 e. The molecule has 0 aliphatic carbocycles. The van der Waals surface area contributed by atoms with Crippen LogP contribution in [-0.4, -0.2) is 79.4 Å². The number of likely N-dealkylation sites (N-methyl/N-ethyl adjacent to an activating group) is 1. The molecule has 0 bridgehead atoms. The van der Waals surface area contributed by atoms with E-state index in [-0.39, 0.29) is 60.9 Å². The van der Waals surface area contributed by atoms with Gasteiger partial charge in [0, 0.05) is 38.1 Å². The fraction of sp³-hybridized carbons (Fsp3) is 0.600. The molecule has 2 saturated heterocycles. The van der Waals surface area contributed by atoms with Crippen LogP contribution in [0.25, 0.3) is 0 Å². The fourth-order valence-electron chi connectivity index (χ4n) is 3.51. The third-order valence-corrected chi connectivity index (χ3v) is 6.25. The molecule has 3 heterocycles. The van der Waals surface area contributed by atoms with Crippen molar-refractivity contribution in [3.63, 3.8) is 0 Å². The highest BCUT2D eigenvalue weighted by molar-refractivity contribution is 7.91. The number of aromatic nitrogens is 1. The summed E-state index contributed by atoms with van der Waals surface area (Å²) >= 11 is 0. The lowest BCUT2D eigenvalue weighted by Crippen LogP contribution is -2.61. The smallest absolute Gasteiger partial charge is 0.236 e. The van der Waals surface area contributed by atoms with Crippen LogP contribution in [0.2, 0.25) is 0 Å². The largest absolute Gasteiger partial charge is 0.335 e. The quantitative estimate of drug-likeness (QED) is 0.749. The zero-order valence-electron chi connectivity index (χ0n) is 14.0. The van der Waals surface area contributed by atoms with E-state index in [9.17, 15) is 13.2 Å². The van der Waals surface area contributed by atoms with Crippen molar-refractivity contribution in [3.8, 4) is 0 Å². The zero-order valence-corrected chi connectivity index (χ0v) is 16.4. The maximum Gasteiger partial charge on any atom is 0.236 e. The maximum absolute atomic E-state index is 12.3. The van der Waals surface area contributed by atoms with Gasteiger partial charge in [-0.2, -0.15) is 0 Å². The number of nitrogens with one attached hydrogen (secondary N) is 1. The molecule has 1 N–H and O–H groups in total. The van der Waals surface area contributed by atoms with Crippen LogP contribution in [0.4, 0.5) is 0 Å². The molecule has 0 unspecified atom stereocenters. The number of hydrogen-bond acceptors (Lipinski definition) is 6. The Hall–Kier alpha value is -0.930. The number of carbonyl (C=O) groups excluding carboxylic acids is 1. The first-order chi connectivity index (χ1) is 11.0. The number of nitrogens with zero attached hydrogens (tertiary/aromatic N) is 3. The third-order valence-electron chi connectivity index (χ3n) is 4.55. The molecule has 2 aliphatic rings.